The number of hydrogen-bond donors (Lipinski definition) is 2. The van der Waals surface area contributed by atoms with Crippen molar-refractivity contribution >= 4 is 18.0 Å². The van der Waals surface area contributed by atoms with Gasteiger partial charge in [-0.25, -0.2) is 0 Å². The zero-order valence-corrected chi connectivity index (χ0v) is 24.7. The second-order valence-corrected chi connectivity index (χ2v) is 10.4. The van der Waals surface area contributed by atoms with Gasteiger partial charge in [-0.05, 0) is 88.1 Å². The lowest BCUT2D eigenvalue weighted by molar-refractivity contribution is -0.137. The number of benzene rings is 2. The van der Waals surface area contributed by atoms with E-state index in [1.165, 1.54) is 71.4 Å². The fraction of sp³-hybridized carbons (Fsp3) is 0.500. The zero-order chi connectivity index (χ0) is 29.3. The highest BCUT2D eigenvalue weighted by Gasteiger charge is 2.26. The average Bonchev–Trinajstić information content (AvgIpc) is 3.76. The van der Waals surface area contributed by atoms with Crippen LogP contribution in [0.4, 0.5) is 0 Å². The van der Waals surface area contributed by atoms with Crippen LogP contribution < -0.4 is 5.32 Å². The molecule has 2 atom stereocenters. The largest absolute Gasteiger partial charge is 0.380 e. The van der Waals surface area contributed by atoms with Crippen LogP contribution in [0.1, 0.15) is 107 Å². The van der Waals surface area contributed by atoms with Crippen LogP contribution >= 0.6 is 0 Å². The molecule has 1 saturated carbocycles. The molecule has 0 radical (unpaired) electrons. The maximum atomic E-state index is 11.3. The fourth-order valence-electron chi connectivity index (χ4n) is 4.03. The average molecular weight is 534 g/mol. The van der Waals surface area contributed by atoms with Crippen molar-refractivity contribution in [3.8, 4) is 11.8 Å². The van der Waals surface area contributed by atoms with E-state index in [4.69, 9.17) is 4.79 Å². The number of aldehydes is 1. The van der Waals surface area contributed by atoms with E-state index in [1.54, 1.807) is 13.8 Å². The van der Waals surface area contributed by atoms with Crippen molar-refractivity contribution in [1.82, 2.24) is 5.32 Å². The third-order valence-electron chi connectivity index (χ3n) is 7.02. The first-order valence-corrected chi connectivity index (χ1v) is 14.2. The Hall–Kier alpha value is -3.23. The topological polar surface area (TPSA) is 83.5 Å². The molecule has 0 saturated heterocycles. The molecule has 212 valence electrons. The van der Waals surface area contributed by atoms with Gasteiger partial charge in [0.05, 0.1) is 0 Å². The number of nitrogens with one attached hydrogen (secondary N) is 1. The molecule has 0 spiro atoms. The Kier molecular flexibility index (Phi) is 15.7. The summed E-state index contributed by atoms with van der Waals surface area (Å²) in [6.45, 7) is 8.62. The summed E-state index contributed by atoms with van der Waals surface area (Å²) in [5.74, 6) is 8.12. The van der Waals surface area contributed by atoms with Crippen LogP contribution in [-0.4, -0.2) is 35.7 Å². The summed E-state index contributed by atoms with van der Waals surface area (Å²) in [7, 11) is 1.51. The lowest BCUT2D eigenvalue weighted by Gasteiger charge is -2.17. The Morgan fingerprint density at radius 3 is 1.95 bits per heavy atom. The number of hydrogen-bond acceptors (Lipinski definition) is 4. The standard InChI is InChI=1S/C26H30O.C6H13NO2.C2H4O/c1-3-21(19-25-13-14-25)5-4-6-22-7-9-23(10-8-22)11-12-24-15-17-26(18-16-24)20(2)27;1-4-6(2,9)5(8)7-3;1-2-3/h7-10,15-18,21,25H,3-6,13-14,19H2,1-2H3;9H,4H2,1-3H3,(H,7,8);2H,1H3/t;6-;/m.0./s1. The van der Waals surface area contributed by atoms with E-state index in [2.05, 4.69) is 48.3 Å². The third kappa shape index (κ3) is 13.9. The van der Waals surface area contributed by atoms with E-state index >= 15 is 0 Å². The number of aliphatic hydroxyl groups is 1. The predicted octanol–water partition coefficient (Wildman–Crippen LogP) is 6.54. The number of Topliss-reactive ketones (excluding diaryl/α,β-unsaturated/α-hetero) is 1. The second-order valence-electron chi connectivity index (χ2n) is 10.4. The SMILES string of the molecule is CC=O.CCC(CCCc1ccc(C#Cc2ccc(C(C)=O)cc2)cc1)CC1CC1.CC[C@](C)(O)C(=O)NC. The number of likely N-dealkylation sites (N-methyl/N-ethyl adjacent to an activating group) is 1. The first-order valence-electron chi connectivity index (χ1n) is 14.2. The minimum atomic E-state index is -1.20. The summed E-state index contributed by atoms with van der Waals surface area (Å²) < 4.78 is 0. The van der Waals surface area contributed by atoms with Gasteiger partial charge in [0.25, 0.3) is 5.91 Å². The minimum Gasteiger partial charge on any atom is -0.380 e. The highest BCUT2D eigenvalue weighted by atomic mass is 16.3. The number of ketones is 1. The third-order valence-corrected chi connectivity index (χ3v) is 7.02. The Bertz CT molecular complexity index is 1070. The Balaban J connectivity index is 0.000000534. The van der Waals surface area contributed by atoms with Gasteiger partial charge in [0, 0.05) is 23.7 Å². The molecule has 1 unspecified atom stereocenters. The zero-order valence-electron chi connectivity index (χ0n) is 24.7. The maximum Gasteiger partial charge on any atom is 0.251 e. The van der Waals surface area contributed by atoms with Crippen LogP contribution in [-0.2, 0) is 16.0 Å². The first-order chi connectivity index (χ1) is 18.6. The molecular formula is C34H47NO4. The van der Waals surface area contributed by atoms with Crippen molar-refractivity contribution in [3.05, 3.63) is 70.8 Å². The van der Waals surface area contributed by atoms with E-state index in [0.29, 0.717) is 6.42 Å². The van der Waals surface area contributed by atoms with Gasteiger partial charge in [0.1, 0.15) is 11.9 Å². The summed E-state index contributed by atoms with van der Waals surface area (Å²) in [5, 5.41) is 11.5. The molecule has 39 heavy (non-hydrogen) atoms. The van der Waals surface area contributed by atoms with Gasteiger partial charge >= 0.3 is 0 Å². The molecule has 0 aromatic heterocycles. The number of carbonyl (C=O) groups excluding carboxylic acids is 3. The van der Waals surface area contributed by atoms with Crippen LogP contribution in [0, 0.1) is 23.7 Å². The molecule has 3 rings (SSSR count). The summed E-state index contributed by atoms with van der Waals surface area (Å²) in [5.41, 5.74) is 2.91. The van der Waals surface area contributed by atoms with E-state index in [1.807, 2.05) is 24.3 Å². The van der Waals surface area contributed by atoms with Crippen molar-refractivity contribution in [2.75, 3.05) is 7.05 Å². The summed E-state index contributed by atoms with van der Waals surface area (Å²) in [6, 6.07) is 16.1. The van der Waals surface area contributed by atoms with Gasteiger partial charge in [-0.3, -0.25) is 9.59 Å². The van der Waals surface area contributed by atoms with Gasteiger partial charge in [0.15, 0.2) is 5.78 Å². The lowest BCUT2D eigenvalue weighted by Crippen LogP contribution is -2.42. The molecule has 2 N–H and O–H groups in total. The van der Waals surface area contributed by atoms with Crippen molar-refractivity contribution in [2.24, 2.45) is 11.8 Å². The van der Waals surface area contributed by atoms with Crippen molar-refractivity contribution < 1.29 is 19.5 Å². The molecule has 1 aliphatic rings. The minimum absolute atomic E-state index is 0.0860. The van der Waals surface area contributed by atoms with E-state index in [0.717, 1.165) is 34.8 Å². The summed E-state index contributed by atoms with van der Waals surface area (Å²) in [4.78, 5) is 30.8. The monoisotopic (exact) mass is 533 g/mol. The van der Waals surface area contributed by atoms with Crippen molar-refractivity contribution in [2.45, 2.75) is 91.6 Å². The van der Waals surface area contributed by atoms with Crippen molar-refractivity contribution in [1.29, 1.82) is 0 Å². The summed E-state index contributed by atoms with van der Waals surface area (Å²) in [6.07, 6.45) is 10.7. The molecule has 5 nitrogen and oxygen atoms in total. The molecule has 1 aliphatic carbocycles. The normalized spacial score (nSPS) is 14.0. The van der Waals surface area contributed by atoms with E-state index in [9.17, 15) is 14.7 Å². The quantitative estimate of drug-likeness (QED) is 0.206. The molecule has 0 aliphatic heterocycles. The predicted molar refractivity (Wildman–Crippen MR) is 160 cm³/mol. The smallest absolute Gasteiger partial charge is 0.251 e. The Labute approximate surface area is 235 Å². The maximum absolute atomic E-state index is 11.3. The van der Waals surface area contributed by atoms with Gasteiger partial charge in [-0.2, -0.15) is 0 Å². The first kappa shape index (κ1) is 33.8. The number of aryl methyl sites for hydroxylation is 1. The molecule has 5 heteroatoms. The van der Waals surface area contributed by atoms with Crippen LogP contribution in [0.25, 0.3) is 0 Å². The Morgan fingerprint density at radius 1 is 1.05 bits per heavy atom. The number of carbonyl (C=O) groups is 3. The molecule has 0 bridgehead atoms. The molecule has 1 amide bonds. The molecule has 1 fully saturated rings. The van der Waals surface area contributed by atoms with Crippen LogP contribution in [0.5, 0.6) is 0 Å². The van der Waals surface area contributed by atoms with Gasteiger partial charge in [-0.1, -0.05) is 75.6 Å². The van der Waals surface area contributed by atoms with E-state index < -0.39 is 5.60 Å². The van der Waals surface area contributed by atoms with Crippen molar-refractivity contribution in [3.63, 3.8) is 0 Å². The summed E-state index contributed by atoms with van der Waals surface area (Å²) >= 11 is 0. The number of rotatable bonds is 10. The molecular weight excluding hydrogens is 486 g/mol. The molecule has 2 aromatic rings. The van der Waals surface area contributed by atoms with Crippen LogP contribution in [0.3, 0.4) is 0 Å². The molecule has 2 aromatic carbocycles. The van der Waals surface area contributed by atoms with Gasteiger partial charge < -0.3 is 15.2 Å². The van der Waals surface area contributed by atoms with Crippen LogP contribution in [0.15, 0.2) is 48.5 Å². The number of amides is 1. The lowest BCUT2D eigenvalue weighted by atomic mass is 9.92. The van der Waals surface area contributed by atoms with Crippen LogP contribution in [0.2, 0.25) is 0 Å². The highest BCUT2D eigenvalue weighted by molar-refractivity contribution is 5.94. The second kappa shape index (κ2) is 18.1. The van der Waals surface area contributed by atoms with Gasteiger partial charge in [0.2, 0.25) is 0 Å². The highest BCUT2D eigenvalue weighted by Crippen LogP contribution is 2.37. The fourth-order valence-corrected chi connectivity index (χ4v) is 4.03. The van der Waals surface area contributed by atoms with Gasteiger partial charge in [-0.15, -0.1) is 0 Å². The van der Waals surface area contributed by atoms with E-state index in [-0.39, 0.29) is 11.7 Å². The molecule has 0 heterocycles. The Morgan fingerprint density at radius 2 is 1.56 bits per heavy atom.